The summed E-state index contributed by atoms with van der Waals surface area (Å²) in [5, 5.41) is 0. The maximum Gasteiger partial charge on any atom is 0.337 e. The van der Waals surface area contributed by atoms with Gasteiger partial charge in [-0.1, -0.05) is 36.4 Å². The minimum Gasteiger partial charge on any atom is -0.468 e. The molecule has 0 N–H and O–H groups in total. The van der Waals surface area contributed by atoms with E-state index in [1.165, 1.54) is 26.0 Å². The molecule has 0 amide bonds. The first-order valence-corrected chi connectivity index (χ1v) is 8.33. The second-order valence-corrected chi connectivity index (χ2v) is 6.27. The average Bonchev–Trinajstić information content (AvgIpc) is 2.63. The van der Waals surface area contributed by atoms with Crippen LogP contribution in [0.2, 0.25) is 0 Å². The van der Waals surface area contributed by atoms with Crippen LogP contribution in [-0.2, 0) is 14.3 Å². The van der Waals surface area contributed by atoms with Crippen LogP contribution in [0.3, 0.4) is 0 Å². The number of benzene rings is 1. The normalized spacial score (nSPS) is 13.1. The Kier molecular flexibility index (Phi) is 8.06. The van der Waals surface area contributed by atoms with E-state index >= 15 is 0 Å². The van der Waals surface area contributed by atoms with Crippen molar-refractivity contribution in [3.63, 3.8) is 0 Å². The zero-order chi connectivity index (χ0) is 18.0. The van der Waals surface area contributed by atoms with Crippen molar-refractivity contribution in [1.82, 2.24) is 0 Å². The molecule has 24 heavy (non-hydrogen) atoms. The van der Waals surface area contributed by atoms with E-state index in [2.05, 4.69) is 17.9 Å². The van der Waals surface area contributed by atoms with Crippen LogP contribution in [0.25, 0.3) is 6.08 Å². The van der Waals surface area contributed by atoms with Gasteiger partial charge >= 0.3 is 11.9 Å². The van der Waals surface area contributed by atoms with E-state index in [0.29, 0.717) is 17.7 Å². The second-order valence-electron chi connectivity index (χ2n) is 4.92. The predicted molar refractivity (Wildman–Crippen MR) is 99.0 cm³/mol. The van der Waals surface area contributed by atoms with E-state index in [4.69, 9.17) is 4.74 Å². The molecule has 1 aromatic carbocycles. The van der Waals surface area contributed by atoms with E-state index < -0.39 is 4.75 Å². The van der Waals surface area contributed by atoms with Crippen molar-refractivity contribution in [2.24, 2.45) is 0 Å². The molecule has 5 heteroatoms. The molecule has 0 aromatic heterocycles. The Labute approximate surface area is 147 Å². The molecule has 0 bridgehead atoms. The molecule has 1 rings (SSSR count). The fraction of sp³-hybridized carbons (Fsp3) is 0.263. The standard InChI is InChI=1S/C19H22O4S/c1-5-12-19(18(21)23-4,24-14-6-2)13-11-15-7-9-16(10-8-15)17(20)22-3/h5-11,13H,1-2,12,14H2,3-4H3/b13-11+. The van der Waals surface area contributed by atoms with Crippen LogP contribution >= 0.6 is 11.8 Å². The summed E-state index contributed by atoms with van der Waals surface area (Å²) in [6.07, 6.45) is 7.51. The number of carbonyl (C=O) groups is 2. The van der Waals surface area contributed by atoms with Crippen molar-refractivity contribution in [3.05, 3.63) is 66.8 Å². The zero-order valence-electron chi connectivity index (χ0n) is 14.0. The van der Waals surface area contributed by atoms with Crippen LogP contribution in [-0.4, -0.2) is 36.7 Å². The number of methoxy groups -OCH3 is 2. The summed E-state index contributed by atoms with van der Waals surface area (Å²) < 4.78 is 8.78. The molecule has 0 aliphatic carbocycles. The first-order valence-electron chi connectivity index (χ1n) is 7.34. The molecule has 0 saturated heterocycles. The first kappa shape index (κ1) is 19.8. The topological polar surface area (TPSA) is 52.6 Å². The molecule has 0 aliphatic rings. The molecule has 4 nitrogen and oxygen atoms in total. The van der Waals surface area contributed by atoms with Gasteiger partial charge in [-0.2, -0.15) is 0 Å². The summed E-state index contributed by atoms with van der Waals surface area (Å²) in [4.78, 5) is 23.7. The lowest BCUT2D eigenvalue weighted by atomic mass is 10.0. The van der Waals surface area contributed by atoms with E-state index in [-0.39, 0.29) is 11.9 Å². The number of rotatable bonds is 9. The Morgan fingerprint density at radius 1 is 1.12 bits per heavy atom. The van der Waals surface area contributed by atoms with Gasteiger partial charge in [0, 0.05) is 5.75 Å². The molecule has 0 aliphatic heterocycles. The Morgan fingerprint density at radius 2 is 1.79 bits per heavy atom. The summed E-state index contributed by atoms with van der Waals surface area (Å²) in [5.74, 6) is -0.117. The van der Waals surface area contributed by atoms with E-state index in [0.717, 1.165) is 5.56 Å². The van der Waals surface area contributed by atoms with Crippen molar-refractivity contribution in [2.45, 2.75) is 11.2 Å². The maximum atomic E-state index is 12.3. The van der Waals surface area contributed by atoms with Gasteiger partial charge in [-0.15, -0.1) is 24.9 Å². The minimum absolute atomic E-state index is 0.336. The Morgan fingerprint density at radius 3 is 2.29 bits per heavy atom. The number of carbonyl (C=O) groups excluding carboxylic acids is 2. The molecule has 0 spiro atoms. The SMILES string of the molecule is C=CCSC(/C=C/c1ccc(C(=O)OC)cc1)(CC=C)C(=O)OC. The third-order valence-electron chi connectivity index (χ3n) is 3.31. The number of ether oxygens (including phenoxy) is 2. The lowest BCUT2D eigenvalue weighted by Gasteiger charge is -2.25. The lowest BCUT2D eigenvalue weighted by Crippen LogP contribution is -2.34. The molecule has 1 atom stereocenters. The highest BCUT2D eigenvalue weighted by molar-refractivity contribution is 8.01. The summed E-state index contributed by atoms with van der Waals surface area (Å²) in [7, 11) is 2.71. The van der Waals surface area contributed by atoms with Gasteiger partial charge in [-0.25, -0.2) is 4.79 Å². The van der Waals surface area contributed by atoms with Gasteiger partial charge in [0.05, 0.1) is 19.8 Å². The van der Waals surface area contributed by atoms with Crippen molar-refractivity contribution >= 4 is 29.8 Å². The van der Waals surface area contributed by atoms with Gasteiger partial charge in [0.25, 0.3) is 0 Å². The van der Waals surface area contributed by atoms with Crippen molar-refractivity contribution in [2.75, 3.05) is 20.0 Å². The lowest BCUT2D eigenvalue weighted by molar-refractivity contribution is -0.142. The third kappa shape index (κ3) is 5.13. The smallest absolute Gasteiger partial charge is 0.337 e. The molecule has 1 aromatic rings. The van der Waals surface area contributed by atoms with E-state index in [1.54, 1.807) is 36.4 Å². The first-order chi connectivity index (χ1) is 11.5. The van der Waals surface area contributed by atoms with Crippen molar-refractivity contribution < 1.29 is 19.1 Å². The van der Waals surface area contributed by atoms with Crippen molar-refractivity contribution in [1.29, 1.82) is 0 Å². The van der Waals surface area contributed by atoms with Gasteiger partial charge in [0.2, 0.25) is 0 Å². The van der Waals surface area contributed by atoms with E-state index in [1.807, 2.05) is 12.2 Å². The largest absolute Gasteiger partial charge is 0.468 e. The molecule has 1 unspecified atom stereocenters. The maximum absolute atomic E-state index is 12.3. The van der Waals surface area contributed by atoms with Gasteiger partial charge in [0.15, 0.2) is 0 Å². The van der Waals surface area contributed by atoms with Crippen molar-refractivity contribution in [3.8, 4) is 0 Å². The van der Waals surface area contributed by atoms with Crippen LogP contribution in [0.5, 0.6) is 0 Å². The Bertz CT molecular complexity index is 619. The molecule has 0 fully saturated rings. The Hall–Kier alpha value is -2.27. The summed E-state index contributed by atoms with van der Waals surface area (Å²) in [6.45, 7) is 7.43. The van der Waals surface area contributed by atoms with Crippen LogP contribution < -0.4 is 0 Å². The summed E-state index contributed by atoms with van der Waals surface area (Å²) in [6, 6.07) is 6.93. The molecule has 0 saturated carbocycles. The second kappa shape index (κ2) is 9.78. The predicted octanol–water partition coefficient (Wildman–Crippen LogP) is 3.89. The number of esters is 2. The average molecular weight is 346 g/mol. The molecule has 0 radical (unpaired) electrons. The fourth-order valence-corrected chi connectivity index (χ4v) is 3.08. The van der Waals surface area contributed by atoms with E-state index in [9.17, 15) is 9.59 Å². The van der Waals surface area contributed by atoms with Crippen LogP contribution in [0.15, 0.2) is 55.7 Å². The highest BCUT2D eigenvalue weighted by Gasteiger charge is 2.36. The summed E-state index contributed by atoms with van der Waals surface area (Å²) in [5.41, 5.74) is 1.33. The van der Waals surface area contributed by atoms with Gasteiger partial charge in [0.1, 0.15) is 4.75 Å². The molecular weight excluding hydrogens is 324 g/mol. The highest BCUT2D eigenvalue weighted by atomic mass is 32.2. The summed E-state index contributed by atoms with van der Waals surface area (Å²) >= 11 is 1.43. The minimum atomic E-state index is -0.855. The van der Waals surface area contributed by atoms with Crippen LogP contribution in [0, 0.1) is 0 Å². The highest BCUT2D eigenvalue weighted by Crippen LogP contribution is 2.33. The monoisotopic (exact) mass is 346 g/mol. The zero-order valence-corrected chi connectivity index (χ0v) is 14.8. The van der Waals surface area contributed by atoms with Crippen LogP contribution in [0.4, 0.5) is 0 Å². The number of thioether (sulfide) groups is 1. The van der Waals surface area contributed by atoms with Gasteiger partial charge in [-0.05, 0) is 24.1 Å². The fourth-order valence-electron chi connectivity index (χ4n) is 2.06. The number of hydrogen-bond acceptors (Lipinski definition) is 5. The number of hydrogen-bond donors (Lipinski definition) is 0. The third-order valence-corrected chi connectivity index (χ3v) is 4.70. The molecule has 128 valence electrons. The number of allylic oxidation sites excluding steroid dienone is 1. The van der Waals surface area contributed by atoms with Crippen LogP contribution in [0.1, 0.15) is 22.3 Å². The molecular formula is C19H22O4S. The van der Waals surface area contributed by atoms with Gasteiger partial charge < -0.3 is 9.47 Å². The quantitative estimate of drug-likeness (QED) is 0.501. The Balaban J connectivity index is 3.09. The van der Waals surface area contributed by atoms with Gasteiger partial charge in [-0.3, -0.25) is 4.79 Å². The molecule has 0 heterocycles.